The summed E-state index contributed by atoms with van der Waals surface area (Å²) in [5, 5.41) is 1.30. The number of rotatable bonds is 5. The largest absolute Gasteiger partial charge is 0.447 e. The number of fused-ring (bicyclic) bond motifs is 3. The predicted octanol–water partition coefficient (Wildman–Crippen LogP) is 5.53. The van der Waals surface area contributed by atoms with Crippen LogP contribution in [0.15, 0.2) is 24.3 Å². The van der Waals surface area contributed by atoms with Crippen molar-refractivity contribution in [3.8, 4) is 0 Å². The number of aromatic nitrogens is 1. The van der Waals surface area contributed by atoms with Crippen LogP contribution in [0, 0.1) is 17.8 Å². The minimum absolute atomic E-state index is 0.0846. The Bertz CT molecular complexity index is 988. The van der Waals surface area contributed by atoms with Crippen molar-refractivity contribution in [2.45, 2.75) is 71.9 Å². The van der Waals surface area contributed by atoms with Crippen LogP contribution in [0.5, 0.6) is 0 Å². The Balaban J connectivity index is 1.41. The zero-order valence-electron chi connectivity index (χ0n) is 20.8. The number of carbonyl (C=O) groups excluding carboxylic acids is 2. The smallest absolute Gasteiger partial charge is 0.409 e. The molecule has 1 aromatic carbocycles. The van der Waals surface area contributed by atoms with Gasteiger partial charge < -0.3 is 19.5 Å². The highest BCUT2D eigenvalue weighted by atomic mass is 16.6. The molecule has 180 valence electrons. The number of aromatic amines is 1. The topological polar surface area (TPSA) is 65.6 Å². The fraction of sp³-hybridized carbons (Fsp3) is 0.630. The minimum atomic E-state index is -0.259. The molecule has 6 nitrogen and oxygen atoms in total. The third-order valence-electron chi connectivity index (χ3n) is 7.37. The summed E-state index contributed by atoms with van der Waals surface area (Å²) in [5.74, 6) is 1.17. The molecule has 33 heavy (non-hydrogen) atoms. The zero-order chi connectivity index (χ0) is 23.7. The lowest BCUT2D eigenvalue weighted by molar-refractivity contribution is -0.141. The van der Waals surface area contributed by atoms with E-state index in [1.807, 2.05) is 13.8 Å². The van der Waals surface area contributed by atoms with Crippen LogP contribution in [0.2, 0.25) is 0 Å². The van der Waals surface area contributed by atoms with Gasteiger partial charge in [0.1, 0.15) is 0 Å². The molecule has 0 spiro atoms. The van der Waals surface area contributed by atoms with E-state index in [-0.39, 0.29) is 24.2 Å². The summed E-state index contributed by atoms with van der Waals surface area (Å²) in [6.45, 7) is 9.66. The van der Waals surface area contributed by atoms with E-state index in [4.69, 9.17) is 4.74 Å². The fourth-order valence-corrected chi connectivity index (χ4v) is 5.79. The van der Waals surface area contributed by atoms with Gasteiger partial charge in [-0.05, 0) is 69.4 Å². The van der Waals surface area contributed by atoms with Gasteiger partial charge in [0.2, 0.25) is 5.91 Å². The van der Waals surface area contributed by atoms with E-state index >= 15 is 0 Å². The molecule has 0 bridgehead atoms. The first-order valence-electron chi connectivity index (χ1n) is 12.6. The van der Waals surface area contributed by atoms with Crippen LogP contribution < -0.4 is 0 Å². The fourth-order valence-electron chi connectivity index (χ4n) is 5.79. The number of benzene rings is 1. The minimum Gasteiger partial charge on any atom is -0.447 e. The Morgan fingerprint density at radius 1 is 1.12 bits per heavy atom. The first-order valence-corrected chi connectivity index (χ1v) is 12.6. The van der Waals surface area contributed by atoms with Crippen molar-refractivity contribution < 1.29 is 14.3 Å². The third-order valence-corrected chi connectivity index (χ3v) is 7.37. The molecule has 1 fully saturated rings. The summed E-state index contributed by atoms with van der Waals surface area (Å²) in [6, 6.07) is 8.58. The Morgan fingerprint density at radius 2 is 1.82 bits per heavy atom. The summed E-state index contributed by atoms with van der Waals surface area (Å²) < 4.78 is 5.30. The molecule has 1 unspecified atom stereocenters. The molecule has 1 aromatic heterocycles. The van der Waals surface area contributed by atoms with E-state index in [1.165, 1.54) is 22.2 Å². The summed E-state index contributed by atoms with van der Waals surface area (Å²) in [6.07, 6.45) is 4.30. The Kier molecular flexibility index (Phi) is 7.01. The normalized spacial score (nSPS) is 23.1. The molecule has 1 aliphatic heterocycles. The standard InChI is InChI=1S/C27H39N3O3/c1-17(2)25-24-22(21-8-6-7-9-23(21)28-24)14-15-30(25)26(31)20-12-10-19(11-13-20)16-29(5)27(32)33-18(3)4/h6-9,17-20,25,28H,10-16H2,1-5H3. The average molecular weight is 454 g/mol. The molecule has 1 saturated carbocycles. The number of nitrogens with zero attached hydrogens (tertiary/aromatic N) is 2. The van der Waals surface area contributed by atoms with Gasteiger partial charge in [-0.25, -0.2) is 4.79 Å². The third kappa shape index (κ3) is 4.90. The predicted molar refractivity (Wildman–Crippen MR) is 131 cm³/mol. The van der Waals surface area contributed by atoms with E-state index in [0.717, 1.165) is 38.6 Å². The number of para-hydroxylation sites is 1. The number of amides is 2. The van der Waals surface area contributed by atoms with Crippen LogP contribution >= 0.6 is 0 Å². The SMILES string of the molecule is CC(C)OC(=O)N(C)CC1CCC(C(=O)N2CCc3c([nH]c4ccccc34)C2C(C)C)CC1. The highest BCUT2D eigenvalue weighted by Gasteiger charge is 2.38. The molecule has 6 heteroatoms. The van der Waals surface area contributed by atoms with Crippen molar-refractivity contribution in [1.29, 1.82) is 0 Å². The number of carbonyl (C=O) groups is 2. The van der Waals surface area contributed by atoms with Gasteiger partial charge >= 0.3 is 6.09 Å². The highest BCUT2D eigenvalue weighted by molar-refractivity contribution is 5.86. The molecular formula is C27H39N3O3. The van der Waals surface area contributed by atoms with Gasteiger partial charge in [-0.1, -0.05) is 32.0 Å². The van der Waals surface area contributed by atoms with Crippen LogP contribution in [0.4, 0.5) is 4.79 Å². The van der Waals surface area contributed by atoms with Crippen molar-refractivity contribution in [2.75, 3.05) is 20.1 Å². The maximum Gasteiger partial charge on any atom is 0.409 e. The summed E-state index contributed by atoms with van der Waals surface area (Å²) in [5.41, 5.74) is 3.78. The van der Waals surface area contributed by atoms with Gasteiger partial charge in [-0.2, -0.15) is 0 Å². The lowest BCUT2D eigenvalue weighted by atomic mass is 9.80. The van der Waals surface area contributed by atoms with E-state index in [2.05, 4.69) is 48.0 Å². The van der Waals surface area contributed by atoms with Gasteiger partial charge in [0.25, 0.3) is 0 Å². The second-order valence-electron chi connectivity index (χ2n) is 10.6. The van der Waals surface area contributed by atoms with Gasteiger partial charge in [0.05, 0.1) is 12.1 Å². The Hall–Kier alpha value is -2.50. The molecule has 0 radical (unpaired) electrons. The Labute approximate surface area is 197 Å². The number of H-pyrrole nitrogens is 1. The van der Waals surface area contributed by atoms with E-state index in [0.29, 0.717) is 24.3 Å². The zero-order valence-corrected chi connectivity index (χ0v) is 20.8. The molecule has 1 N–H and O–H groups in total. The first kappa shape index (κ1) is 23.7. The number of hydrogen-bond acceptors (Lipinski definition) is 3. The molecule has 2 aliphatic rings. The first-order chi connectivity index (χ1) is 15.8. The molecule has 0 saturated heterocycles. The molecule has 2 heterocycles. The van der Waals surface area contributed by atoms with Gasteiger partial charge in [-0.3, -0.25) is 4.79 Å². The highest BCUT2D eigenvalue weighted by Crippen LogP contribution is 2.40. The van der Waals surface area contributed by atoms with Crippen LogP contribution in [-0.2, 0) is 16.0 Å². The number of hydrogen-bond donors (Lipinski definition) is 1. The molecule has 1 aliphatic carbocycles. The maximum atomic E-state index is 13.7. The molecular weight excluding hydrogens is 414 g/mol. The van der Waals surface area contributed by atoms with Crippen molar-refractivity contribution in [3.05, 3.63) is 35.5 Å². The van der Waals surface area contributed by atoms with E-state index in [1.54, 1.807) is 11.9 Å². The summed E-state index contributed by atoms with van der Waals surface area (Å²) in [4.78, 5) is 33.3. The summed E-state index contributed by atoms with van der Waals surface area (Å²) >= 11 is 0. The average Bonchev–Trinajstić information content (AvgIpc) is 3.16. The van der Waals surface area contributed by atoms with E-state index in [9.17, 15) is 9.59 Å². The summed E-state index contributed by atoms with van der Waals surface area (Å²) in [7, 11) is 1.81. The van der Waals surface area contributed by atoms with Gasteiger partial charge in [0.15, 0.2) is 0 Å². The Morgan fingerprint density at radius 3 is 2.48 bits per heavy atom. The van der Waals surface area contributed by atoms with Gasteiger partial charge in [-0.15, -0.1) is 0 Å². The maximum absolute atomic E-state index is 13.7. The number of ether oxygens (including phenoxy) is 1. The van der Waals surface area contributed by atoms with Gasteiger partial charge in [0, 0.05) is 42.7 Å². The lowest BCUT2D eigenvalue weighted by Crippen LogP contribution is -2.46. The van der Waals surface area contributed by atoms with Crippen LogP contribution in [0.1, 0.15) is 70.7 Å². The lowest BCUT2D eigenvalue weighted by Gasteiger charge is -2.41. The van der Waals surface area contributed by atoms with Crippen molar-refractivity contribution in [1.82, 2.24) is 14.8 Å². The second kappa shape index (κ2) is 9.78. The van der Waals surface area contributed by atoms with Crippen molar-refractivity contribution in [2.24, 2.45) is 17.8 Å². The van der Waals surface area contributed by atoms with Crippen molar-refractivity contribution >= 4 is 22.9 Å². The van der Waals surface area contributed by atoms with Crippen molar-refractivity contribution in [3.63, 3.8) is 0 Å². The quantitative estimate of drug-likeness (QED) is 0.647. The molecule has 1 atom stereocenters. The molecule has 2 aromatic rings. The van der Waals surface area contributed by atoms with E-state index < -0.39 is 0 Å². The van der Waals surface area contributed by atoms with Crippen LogP contribution in [-0.4, -0.2) is 53.0 Å². The molecule has 2 amide bonds. The van der Waals surface area contributed by atoms with Crippen LogP contribution in [0.25, 0.3) is 10.9 Å². The number of nitrogens with one attached hydrogen (secondary N) is 1. The molecule has 4 rings (SSSR count). The monoisotopic (exact) mass is 453 g/mol. The second-order valence-corrected chi connectivity index (χ2v) is 10.6. The van der Waals surface area contributed by atoms with Crippen LogP contribution in [0.3, 0.4) is 0 Å².